The molecule has 1 saturated heterocycles. The molecule has 0 amide bonds. The molecular weight excluding hydrogens is 174 g/mol. The molecule has 0 saturated carbocycles. The Labute approximate surface area is 85.3 Å². The molecule has 2 heterocycles. The average Bonchev–Trinajstić information content (AvgIpc) is 2.72. The van der Waals surface area contributed by atoms with E-state index in [1.807, 2.05) is 6.20 Å². The highest BCUT2D eigenvalue weighted by atomic mass is 15.2. The lowest BCUT2D eigenvalue weighted by Crippen LogP contribution is -2.34. The molecule has 1 fully saturated rings. The van der Waals surface area contributed by atoms with Gasteiger partial charge in [-0.3, -0.25) is 0 Å². The van der Waals surface area contributed by atoms with Gasteiger partial charge in [-0.15, -0.1) is 0 Å². The van der Waals surface area contributed by atoms with Crippen LogP contribution in [0.1, 0.15) is 19.3 Å². The van der Waals surface area contributed by atoms with E-state index in [0.29, 0.717) is 0 Å². The molecule has 0 unspecified atom stereocenters. The van der Waals surface area contributed by atoms with Crippen LogP contribution in [0.4, 0.5) is 5.82 Å². The molecule has 1 aromatic rings. The summed E-state index contributed by atoms with van der Waals surface area (Å²) in [5.41, 5.74) is 5.57. The smallest absolute Gasteiger partial charge is 0.105 e. The normalized spacial score (nSPS) is 18.8. The SMILES string of the molecule is NCCC1CCN(c2ccc[nH]2)CC1. The number of nitrogens with two attached hydrogens (primary N) is 1. The first kappa shape index (κ1) is 9.59. The third-order valence-electron chi connectivity index (χ3n) is 3.11. The predicted octanol–water partition coefficient (Wildman–Crippen LogP) is 1.58. The highest BCUT2D eigenvalue weighted by molar-refractivity contribution is 5.38. The summed E-state index contributed by atoms with van der Waals surface area (Å²) in [6, 6.07) is 4.20. The highest BCUT2D eigenvalue weighted by Gasteiger charge is 2.18. The first-order valence-corrected chi connectivity index (χ1v) is 5.48. The van der Waals surface area contributed by atoms with E-state index in [2.05, 4.69) is 22.0 Å². The maximum atomic E-state index is 5.57. The van der Waals surface area contributed by atoms with Gasteiger partial charge in [0.25, 0.3) is 0 Å². The van der Waals surface area contributed by atoms with Crippen molar-refractivity contribution < 1.29 is 0 Å². The van der Waals surface area contributed by atoms with Gasteiger partial charge in [0, 0.05) is 19.3 Å². The summed E-state index contributed by atoms with van der Waals surface area (Å²) in [4.78, 5) is 5.68. The van der Waals surface area contributed by atoms with Gasteiger partial charge < -0.3 is 15.6 Å². The second-order valence-corrected chi connectivity index (χ2v) is 4.06. The Kier molecular flexibility index (Phi) is 3.09. The summed E-state index contributed by atoms with van der Waals surface area (Å²) >= 11 is 0. The second kappa shape index (κ2) is 4.51. The zero-order chi connectivity index (χ0) is 9.80. The van der Waals surface area contributed by atoms with Crippen LogP contribution in [0, 0.1) is 5.92 Å². The fraction of sp³-hybridized carbons (Fsp3) is 0.636. The minimum absolute atomic E-state index is 0.840. The quantitative estimate of drug-likeness (QED) is 0.765. The molecule has 1 aromatic heterocycles. The van der Waals surface area contributed by atoms with Crippen LogP contribution >= 0.6 is 0 Å². The molecule has 0 bridgehead atoms. The molecule has 14 heavy (non-hydrogen) atoms. The Balaban J connectivity index is 1.84. The van der Waals surface area contributed by atoms with E-state index in [-0.39, 0.29) is 0 Å². The van der Waals surface area contributed by atoms with Gasteiger partial charge in [0.05, 0.1) is 0 Å². The van der Waals surface area contributed by atoms with Gasteiger partial charge in [0.15, 0.2) is 0 Å². The van der Waals surface area contributed by atoms with Crippen molar-refractivity contribution in [2.24, 2.45) is 11.7 Å². The molecule has 0 radical (unpaired) electrons. The lowest BCUT2D eigenvalue weighted by atomic mass is 9.94. The van der Waals surface area contributed by atoms with Crippen molar-refractivity contribution in [2.75, 3.05) is 24.5 Å². The second-order valence-electron chi connectivity index (χ2n) is 4.06. The summed E-state index contributed by atoms with van der Waals surface area (Å²) in [5, 5.41) is 0. The Bertz CT molecular complexity index is 248. The van der Waals surface area contributed by atoms with Gasteiger partial charge in [-0.05, 0) is 43.9 Å². The van der Waals surface area contributed by atoms with E-state index < -0.39 is 0 Å². The van der Waals surface area contributed by atoms with Crippen LogP contribution in [-0.2, 0) is 0 Å². The number of hydrogen-bond acceptors (Lipinski definition) is 2. The van der Waals surface area contributed by atoms with E-state index in [9.17, 15) is 0 Å². The number of hydrogen-bond donors (Lipinski definition) is 2. The standard InChI is InChI=1S/C11H19N3/c12-6-3-10-4-8-14(9-5-10)11-2-1-7-13-11/h1-2,7,10,13H,3-6,8-9,12H2. The van der Waals surface area contributed by atoms with Crippen molar-refractivity contribution in [1.82, 2.24) is 4.98 Å². The summed E-state index contributed by atoms with van der Waals surface area (Å²) in [6.07, 6.45) is 5.76. The van der Waals surface area contributed by atoms with Crippen LogP contribution in [0.25, 0.3) is 0 Å². The largest absolute Gasteiger partial charge is 0.358 e. The van der Waals surface area contributed by atoms with Crippen LogP contribution in [0.5, 0.6) is 0 Å². The molecule has 1 aliphatic heterocycles. The summed E-state index contributed by atoms with van der Waals surface area (Å²) in [7, 11) is 0. The van der Waals surface area contributed by atoms with Crippen LogP contribution in [0.3, 0.4) is 0 Å². The fourth-order valence-electron chi connectivity index (χ4n) is 2.22. The molecule has 3 N–H and O–H groups in total. The molecule has 0 aliphatic carbocycles. The van der Waals surface area contributed by atoms with Crippen molar-refractivity contribution in [3.8, 4) is 0 Å². The molecule has 0 spiro atoms. The van der Waals surface area contributed by atoms with Gasteiger partial charge in [-0.2, -0.15) is 0 Å². The van der Waals surface area contributed by atoms with E-state index in [4.69, 9.17) is 5.73 Å². The minimum atomic E-state index is 0.840. The maximum Gasteiger partial charge on any atom is 0.105 e. The monoisotopic (exact) mass is 193 g/mol. The predicted molar refractivity (Wildman–Crippen MR) is 59.4 cm³/mol. The first-order valence-electron chi connectivity index (χ1n) is 5.48. The number of anilines is 1. The van der Waals surface area contributed by atoms with E-state index in [1.165, 1.54) is 38.2 Å². The Hall–Kier alpha value is -0.960. The molecule has 2 rings (SSSR count). The third kappa shape index (κ3) is 2.10. The van der Waals surface area contributed by atoms with Crippen LogP contribution in [-0.4, -0.2) is 24.6 Å². The number of rotatable bonds is 3. The third-order valence-corrected chi connectivity index (χ3v) is 3.11. The number of aromatic amines is 1. The van der Waals surface area contributed by atoms with Crippen molar-refractivity contribution in [1.29, 1.82) is 0 Å². The number of aromatic nitrogens is 1. The summed E-state index contributed by atoms with van der Waals surface area (Å²) in [6.45, 7) is 3.18. The maximum absolute atomic E-state index is 5.57. The van der Waals surface area contributed by atoms with Gasteiger partial charge in [-0.1, -0.05) is 0 Å². The summed E-state index contributed by atoms with van der Waals surface area (Å²) in [5.74, 6) is 2.11. The molecule has 1 aliphatic rings. The molecule has 3 heteroatoms. The minimum Gasteiger partial charge on any atom is -0.358 e. The van der Waals surface area contributed by atoms with Crippen molar-refractivity contribution >= 4 is 5.82 Å². The lowest BCUT2D eigenvalue weighted by molar-refractivity contribution is 0.385. The molecule has 78 valence electrons. The zero-order valence-electron chi connectivity index (χ0n) is 8.58. The van der Waals surface area contributed by atoms with Crippen LogP contribution in [0.2, 0.25) is 0 Å². The van der Waals surface area contributed by atoms with Gasteiger partial charge >= 0.3 is 0 Å². The van der Waals surface area contributed by atoms with Gasteiger partial charge in [-0.25, -0.2) is 0 Å². The fourth-order valence-corrected chi connectivity index (χ4v) is 2.22. The molecule has 0 aromatic carbocycles. The number of piperidine rings is 1. The lowest BCUT2D eigenvalue weighted by Gasteiger charge is -2.32. The molecular formula is C11H19N3. The number of H-pyrrole nitrogens is 1. The van der Waals surface area contributed by atoms with Gasteiger partial charge in [0.1, 0.15) is 5.82 Å². The average molecular weight is 193 g/mol. The zero-order valence-corrected chi connectivity index (χ0v) is 8.58. The van der Waals surface area contributed by atoms with Crippen molar-refractivity contribution in [3.05, 3.63) is 18.3 Å². The molecule has 3 nitrogen and oxygen atoms in total. The molecule has 0 atom stereocenters. The van der Waals surface area contributed by atoms with E-state index in [0.717, 1.165) is 12.5 Å². The Morgan fingerprint density at radius 2 is 2.21 bits per heavy atom. The highest BCUT2D eigenvalue weighted by Crippen LogP contribution is 2.23. The van der Waals surface area contributed by atoms with E-state index >= 15 is 0 Å². The van der Waals surface area contributed by atoms with Crippen molar-refractivity contribution in [2.45, 2.75) is 19.3 Å². The Morgan fingerprint density at radius 1 is 1.43 bits per heavy atom. The van der Waals surface area contributed by atoms with Gasteiger partial charge in [0.2, 0.25) is 0 Å². The summed E-state index contributed by atoms with van der Waals surface area (Å²) < 4.78 is 0. The van der Waals surface area contributed by atoms with Crippen LogP contribution < -0.4 is 10.6 Å². The van der Waals surface area contributed by atoms with E-state index in [1.54, 1.807) is 0 Å². The van der Waals surface area contributed by atoms with Crippen molar-refractivity contribution in [3.63, 3.8) is 0 Å². The number of nitrogens with zero attached hydrogens (tertiary/aromatic N) is 1. The van der Waals surface area contributed by atoms with Crippen LogP contribution in [0.15, 0.2) is 18.3 Å². The topological polar surface area (TPSA) is 45.0 Å². The Morgan fingerprint density at radius 3 is 2.79 bits per heavy atom. The number of nitrogens with one attached hydrogen (secondary N) is 1. The first-order chi connectivity index (χ1) is 6.90.